The van der Waals surface area contributed by atoms with Crippen LogP contribution in [0.2, 0.25) is 0 Å². The highest BCUT2D eigenvalue weighted by Gasteiger charge is 2.24. The first-order valence-corrected chi connectivity index (χ1v) is 7.22. The third kappa shape index (κ3) is 6.13. The zero-order chi connectivity index (χ0) is 16.7. The lowest BCUT2D eigenvalue weighted by molar-refractivity contribution is -0.149. The van der Waals surface area contributed by atoms with Gasteiger partial charge in [-0.25, -0.2) is 0 Å². The first-order valence-electron chi connectivity index (χ1n) is 7.22. The second kappa shape index (κ2) is 8.38. The summed E-state index contributed by atoms with van der Waals surface area (Å²) in [7, 11) is 0. The molecule has 0 saturated carbocycles. The van der Waals surface area contributed by atoms with Gasteiger partial charge >= 0.3 is 5.97 Å². The summed E-state index contributed by atoms with van der Waals surface area (Å²) < 4.78 is 10.8. The fourth-order valence-electron chi connectivity index (χ4n) is 1.95. The fourth-order valence-corrected chi connectivity index (χ4v) is 1.95. The van der Waals surface area contributed by atoms with E-state index in [2.05, 4.69) is 0 Å². The van der Waals surface area contributed by atoms with Crippen LogP contribution in [-0.4, -0.2) is 30.6 Å². The summed E-state index contributed by atoms with van der Waals surface area (Å²) in [5.74, 6) is 0.000208. The van der Waals surface area contributed by atoms with Gasteiger partial charge < -0.3 is 20.9 Å². The molecule has 0 saturated heterocycles. The Bertz CT molecular complexity index is 499. The van der Waals surface area contributed by atoms with E-state index in [0.717, 1.165) is 5.56 Å². The second-order valence-electron chi connectivity index (χ2n) is 5.57. The highest BCUT2D eigenvalue weighted by Crippen LogP contribution is 2.15. The summed E-state index contributed by atoms with van der Waals surface area (Å²) in [5, 5.41) is 0. The monoisotopic (exact) mass is 308 g/mol. The summed E-state index contributed by atoms with van der Waals surface area (Å²) in [4.78, 5) is 22.0. The standard InChI is InChI=1S/C16H24N2O4/c1-10(2)16(18)14(22-11(3)19)9-21-13-6-4-12(5-7-13)8-15(17)20/h4-7,10,14,16H,8-9,18H2,1-3H3,(H2,17,20). The van der Waals surface area contributed by atoms with Crippen molar-refractivity contribution in [1.82, 2.24) is 0 Å². The molecule has 0 radical (unpaired) electrons. The van der Waals surface area contributed by atoms with Crippen LogP contribution in [0.1, 0.15) is 26.3 Å². The Kier molecular flexibility index (Phi) is 6.85. The molecule has 2 atom stereocenters. The minimum atomic E-state index is -0.511. The molecule has 1 amide bonds. The number of amides is 1. The number of ether oxygens (including phenoxy) is 2. The first-order chi connectivity index (χ1) is 10.3. The molecular weight excluding hydrogens is 284 g/mol. The third-order valence-electron chi connectivity index (χ3n) is 3.23. The van der Waals surface area contributed by atoms with E-state index in [1.54, 1.807) is 24.3 Å². The van der Waals surface area contributed by atoms with Crippen molar-refractivity contribution in [2.24, 2.45) is 17.4 Å². The van der Waals surface area contributed by atoms with Gasteiger partial charge in [0.15, 0.2) is 6.10 Å². The van der Waals surface area contributed by atoms with Gasteiger partial charge in [0.1, 0.15) is 12.4 Å². The molecule has 0 aromatic heterocycles. The number of benzene rings is 1. The fraction of sp³-hybridized carbons (Fsp3) is 0.500. The Balaban J connectivity index is 2.63. The van der Waals surface area contributed by atoms with E-state index in [4.69, 9.17) is 20.9 Å². The normalized spacial score (nSPS) is 13.5. The predicted molar refractivity (Wildman–Crippen MR) is 83.2 cm³/mol. The van der Waals surface area contributed by atoms with Crippen molar-refractivity contribution < 1.29 is 19.1 Å². The molecule has 0 spiro atoms. The molecule has 0 heterocycles. The van der Waals surface area contributed by atoms with Crippen LogP contribution < -0.4 is 16.2 Å². The largest absolute Gasteiger partial charge is 0.490 e. The summed E-state index contributed by atoms with van der Waals surface area (Å²) in [6.45, 7) is 5.44. The Hall–Kier alpha value is -2.08. The number of nitrogens with two attached hydrogens (primary N) is 2. The van der Waals surface area contributed by atoms with Gasteiger partial charge in [-0.3, -0.25) is 9.59 Å². The summed E-state index contributed by atoms with van der Waals surface area (Å²) in [6.07, 6.45) is -0.322. The lowest BCUT2D eigenvalue weighted by atomic mass is 10.00. The van der Waals surface area contributed by atoms with Crippen molar-refractivity contribution >= 4 is 11.9 Å². The number of esters is 1. The van der Waals surface area contributed by atoms with Crippen LogP contribution in [0.25, 0.3) is 0 Å². The SMILES string of the molecule is CC(=O)OC(COc1ccc(CC(N)=O)cc1)C(N)C(C)C. The molecule has 0 bridgehead atoms. The maximum Gasteiger partial charge on any atom is 0.303 e. The van der Waals surface area contributed by atoms with Gasteiger partial charge in [-0.15, -0.1) is 0 Å². The van der Waals surface area contributed by atoms with Gasteiger partial charge in [0, 0.05) is 13.0 Å². The van der Waals surface area contributed by atoms with Crippen LogP contribution in [0.15, 0.2) is 24.3 Å². The molecular formula is C16H24N2O4. The maximum atomic E-state index is 11.2. The van der Waals surface area contributed by atoms with Gasteiger partial charge in [0.2, 0.25) is 5.91 Å². The van der Waals surface area contributed by atoms with Gasteiger partial charge in [-0.2, -0.15) is 0 Å². The molecule has 2 unspecified atom stereocenters. The molecule has 4 N–H and O–H groups in total. The zero-order valence-corrected chi connectivity index (χ0v) is 13.2. The molecule has 22 heavy (non-hydrogen) atoms. The number of primary amides is 1. The van der Waals surface area contributed by atoms with Crippen LogP contribution in [0, 0.1) is 5.92 Å². The van der Waals surface area contributed by atoms with Gasteiger partial charge in [-0.05, 0) is 23.6 Å². The number of carbonyl (C=O) groups is 2. The van der Waals surface area contributed by atoms with Crippen molar-refractivity contribution in [3.8, 4) is 5.75 Å². The lowest BCUT2D eigenvalue weighted by Crippen LogP contribution is -2.45. The van der Waals surface area contributed by atoms with Gasteiger partial charge in [0.25, 0.3) is 0 Å². The molecule has 0 fully saturated rings. The van der Waals surface area contributed by atoms with Gasteiger partial charge in [-0.1, -0.05) is 26.0 Å². The maximum absolute atomic E-state index is 11.2. The van der Waals surface area contributed by atoms with Crippen LogP contribution in [-0.2, 0) is 20.7 Å². The Morgan fingerprint density at radius 1 is 1.18 bits per heavy atom. The molecule has 122 valence electrons. The van der Waals surface area contributed by atoms with E-state index < -0.39 is 6.10 Å². The summed E-state index contributed by atoms with van der Waals surface area (Å²) in [5.41, 5.74) is 12.0. The topological polar surface area (TPSA) is 105 Å². The first kappa shape index (κ1) is 18.0. The highest BCUT2D eigenvalue weighted by molar-refractivity contribution is 5.76. The molecule has 1 rings (SSSR count). The molecule has 0 aliphatic carbocycles. The molecule has 1 aromatic rings. The van der Waals surface area contributed by atoms with E-state index in [1.165, 1.54) is 6.92 Å². The van der Waals surface area contributed by atoms with E-state index in [-0.39, 0.29) is 36.9 Å². The lowest BCUT2D eigenvalue weighted by Gasteiger charge is -2.26. The smallest absolute Gasteiger partial charge is 0.303 e. The molecule has 6 heteroatoms. The molecule has 0 aliphatic heterocycles. The minimum Gasteiger partial charge on any atom is -0.490 e. The Morgan fingerprint density at radius 2 is 1.77 bits per heavy atom. The summed E-state index contributed by atoms with van der Waals surface area (Å²) >= 11 is 0. The van der Waals surface area contributed by atoms with E-state index in [0.29, 0.717) is 5.75 Å². The Labute approximate surface area is 130 Å². The number of rotatable bonds is 8. The predicted octanol–water partition coefficient (Wildman–Crippen LogP) is 1.01. The average Bonchev–Trinajstić information content (AvgIpc) is 2.43. The van der Waals surface area contributed by atoms with Crippen LogP contribution in [0.4, 0.5) is 0 Å². The average molecular weight is 308 g/mol. The minimum absolute atomic E-state index is 0.158. The number of hydrogen-bond acceptors (Lipinski definition) is 5. The molecule has 1 aromatic carbocycles. The van der Waals surface area contributed by atoms with Gasteiger partial charge in [0.05, 0.1) is 6.42 Å². The van der Waals surface area contributed by atoms with E-state index in [1.807, 2.05) is 13.8 Å². The van der Waals surface area contributed by atoms with Crippen molar-refractivity contribution in [3.63, 3.8) is 0 Å². The number of hydrogen-bond donors (Lipinski definition) is 2. The van der Waals surface area contributed by atoms with E-state index in [9.17, 15) is 9.59 Å². The third-order valence-corrected chi connectivity index (χ3v) is 3.23. The highest BCUT2D eigenvalue weighted by atomic mass is 16.6. The van der Waals surface area contributed by atoms with Crippen molar-refractivity contribution in [2.45, 2.75) is 39.3 Å². The number of carbonyl (C=O) groups excluding carboxylic acids is 2. The Morgan fingerprint density at radius 3 is 2.23 bits per heavy atom. The molecule has 6 nitrogen and oxygen atoms in total. The zero-order valence-electron chi connectivity index (χ0n) is 13.2. The van der Waals surface area contributed by atoms with Crippen molar-refractivity contribution in [1.29, 1.82) is 0 Å². The quantitative estimate of drug-likeness (QED) is 0.697. The molecule has 0 aliphatic rings. The summed E-state index contributed by atoms with van der Waals surface area (Å²) in [6, 6.07) is 6.71. The van der Waals surface area contributed by atoms with E-state index >= 15 is 0 Å². The van der Waals surface area contributed by atoms with Crippen LogP contribution in [0.3, 0.4) is 0 Å². The van der Waals surface area contributed by atoms with Crippen LogP contribution >= 0.6 is 0 Å². The second-order valence-corrected chi connectivity index (χ2v) is 5.57. The van der Waals surface area contributed by atoms with Crippen LogP contribution in [0.5, 0.6) is 5.75 Å². The van der Waals surface area contributed by atoms with Crippen molar-refractivity contribution in [2.75, 3.05) is 6.61 Å². The van der Waals surface area contributed by atoms with Crippen molar-refractivity contribution in [3.05, 3.63) is 29.8 Å².